The van der Waals surface area contributed by atoms with Crippen molar-refractivity contribution in [3.8, 4) is 0 Å². The average Bonchev–Trinajstić information content (AvgIpc) is 2.83. The zero-order chi connectivity index (χ0) is 14.5. The number of likely N-dealkylation sites (tertiary alicyclic amines) is 1. The molecule has 1 saturated heterocycles. The van der Waals surface area contributed by atoms with Gasteiger partial charge in [-0.2, -0.15) is 0 Å². The maximum absolute atomic E-state index is 10.4. The van der Waals surface area contributed by atoms with Crippen LogP contribution in [0, 0.1) is 0 Å². The molecule has 3 nitrogen and oxygen atoms in total. The van der Waals surface area contributed by atoms with E-state index in [1.54, 1.807) is 18.2 Å². The van der Waals surface area contributed by atoms with Gasteiger partial charge < -0.3 is 10.2 Å². The molecule has 1 heterocycles. The molecular formula is C15H21Cl2NO2. The van der Waals surface area contributed by atoms with Crippen molar-refractivity contribution in [1.82, 2.24) is 4.90 Å². The molecule has 1 aliphatic rings. The van der Waals surface area contributed by atoms with E-state index in [4.69, 9.17) is 28.3 Å². The molecule has 2 unspecified atom stereocenters. The fraction of sp³-hybridized carbons (Fsp3) is 0.600. The number of aliphatic hydroxyl groups is 2. The van der Waals surface area contributed by atoms with Crippen LogP contribution in [0.2, 0.25) is 10.0 Å². The Labute approximate surface area is 130 Å². The van der Waals surface area contributed by atoms with Crippen LogP contribution in [-0.4, -0.2) is 40.9 Å². The number of benzene rings is 1. The van der Waals surface area contributed by atoms with Gasteiger partial charge in [-0.25, -0.2) is 0 Å². The predicted molar refractivity (Wildman–Crippen MR) is 82.3 cm³/mol. The molecule has 1 aliphatic heterocycles. The number of nitrogens with zero attached hydrogens (tertiary/aromatic N) is 1. The average molecular weight is 318 g/mol. The summed E-state index contributed by atoms with van der Waals surface area (Å²) in [7, 11) is 0. The van der Waals surface area contributed by atoms with E-state index in [-0.39, 0.29) is 6.61 Å². The minimum absolute atomic E-state index is 0.232. The molecule has 0 saturated carbocycles. The molecule has 20 heavy (non-hydrogen) atoms. The van der Waals surface area contributed by atoms with Gasteiger partial charge in [-0.1, -0.05) is 29.3 Å². The number of hydrogen-bond acceptors (Lipinski definition) is 3. The summed E-state index contributed by atoms with van der Waals surface area (Å²) >= 11 is 12.0. The molecule has 2 N–H and O–H groups in total. The Balaban J connectivity index is 1.97. The van der Waals surface area contributed by atoms with E-state index in [0.717, 1.165) is 37.8 Å². The molecule has 0 spiro atoms. The first-order valence-corrected chi connectivity index (χ1v) is 7.85. The largest absolute Gasteiger partial charge is 0.396 e. The third-order valence-electron chi connectivity index (χ3n) is 3.92. The van der Waals surface area contributed by atoms with Crippen molar-refractivity contribution in [2.75, 3.05) is 19.7 Å². The second-order valence-electron chi connectivity index (χ2n) is 5.34. The van der Waals surface area contributed by atoms with E-state index in [9.17, 15) is 5.11 Å². The Morgan fingerprint density at radius 1 is 1.35 bits per heavy atom. The standard InChI is InChI=1S/C15H21Cl2NO2/c16-11-5-6-13(14(17)9-11)15(20)10-18-7-1-3-12(18)4-2-8-19/h5-6,9,12,15,19-20H,1-4,7-8,10H2. The van der Waals surface area contributed by atoms with E-state index < -0.39 is 6.10 Å². The Bertz CT molecular complexity index is 442. The fourth-order valence-corrected chi connectivity index (χ4v) is 3.42. The SMILES string of the molecule is OCCCC1CCCN1CC(O)c1ccc(Cl)cc1Cl. The van der Waals surface area contributed by atoms with Crippen molar-refractivity contribution < 1.29 is 10.2 Å². The smallest absolute Gasteiger partial charge is 0.0931 e. The van der Waals surface area contributed by atoms with Gasteiger partial charge in [0.2, 0.25) is 0 Å². The molecule has 5 heteroatoms. The van der Waals surface area contributed by atoms with Gasteiger partial charge in [0.25, 0.3) is 0 Å². The summed E-state index contributed by atoms with van der Waals surface area (Å²) in [5, 5.41) is 20.4. The van der Waals surface area contributed by atoms with Crippen molar-refractivity contribution in [3.05, 3.63) is 33.8 Å². The van der Waals surface area contributed by atoms with Crippen LogP contribution in [0.1, 0.15) is 37.4 Å². The maximum Gasteiger partial charge on any atom is 0.0931 e. The van der Waals surface area contributed by atoms with Crippen molar-refractivity contribution >= 4 is 23.2 Å². The molecule has 2 rings (SSSR count). The minimum atomic E-state index is -0.602. The highest BCUT2D eigenvalue weighted by Gasteiger charge is 2.26. The normalized spacial score (nSPS) is 21.3. The summed E-state index contributed by atoms with van der Waals surface area (Å²) in [6.07, 6.45) is 3.49. The van der Waals surface area contributed by atoms with Gasteiger partial charge in [-0.05, 0) is 44.4 Å². The monoisotopic (exact) mass is 317 g/mol. The van der Waals surface area contributed by atoms with Crippen molar-refractivity contribution in [2.45, 2.75) is 37.8 Å². The van der Waals surface area contributed by atoms with Gasteiger partial charge in [0, 0.05) is 34.8 Å². The molecule has 1 aromatic rings. The summed E-state index contributed by atoms with van der Waals surface area (Å²) in [5.74, 6) is 0. The van der Waals surface area contributed by atoms with Crippen LogP contribution in [0.15, 0.2) is 18.2 Å². The van der Waals surface area contributed by atoms with E-state index in [2.05, 4.69) is 4.90 Å². The highest BCUT2D eigenvalue weighted by Crippen LogP contribution is 2.29. The fourth-order valence-electron chi connectivity index (χ4n) is 2.88. The van der Waals surface area contributed by atoms with Crippen LogP contribution in [0.3, 0.4) is 0 Å². The molecule has 1 fully saturated rings. The van der Waals surface area contributed by atoms with Crippen LogP contribution in [0.4, 0.5) is 0 Å². The van der Waals surface area contributed by atoms with Crippen LogP contribution in [0.5, 0.6) is 0 Å². The molecule has 0 aliphatic carbocycles. The summed E-state index contributed by atoms with van der Waals surface area (Å²) in [6.45, 7) is 1.81. The van der Waals surface area contributed by atoms with Crippen LogP contribution in [-0.2, 0) is 0 Å². The molecule has 0 aromatic heterocycles. The lowest BCUT2D eigenvalue weighted by atomic mass is 10.1. The Morgan fingerprint density at radius 2 is 2.15 bits per heavy atom. The lowest BCUT2D eigenvalue weighted by molar-refractivity contribution is 0.101. The molecule has 0 amide bonds. The summed E-state index contributed by atoms with van der Waals surface area (Å²) in [5.41, 5.74) is 0.726. The highest BCUT2D eigenvalue weighted by molar-refractivity contribution is 6.35. The van der Waals surface area contributed by atoms with Crippen molar-refractivity contribution in [2.24, 2.45) is 0 Å². The van der Waals surface area contributed by atoms with Crippen molar-refractivity contribution in [3.63, 3.8) is 0 Å². The van der Waals surface area contributed by atoms with Gasteiger partial charge >= 0.3 is 0 Å². The van der Waals surface area contributed by atoms with Crippen molar-refractivity contribution in [1.29, 1.82) is 0 Å². The van der Waals surface area contributed by atoms with Gasteiger partial charge in [-0.3, -0.25) is 4.90 Å². The summed E-state index contributed by atoms with van der Waals surface area (Å²) in [6, 6.07) is 5.66. The van der Waals surface area contributed by atoms with E-state index in [1.165, 1.54) is 0 Å². The Morgan fingerprint density at radius 3 is 2.85 bits per heavy atom. The van der Waals surface area contributed by atoms with E-state index >= 15 is 0 Å². The second kappa shape index (κ2) is 7.62. The Kier molecular flexibility index (Phi) is 6.12. The number of hydrogen-bond donors (Lipinski definition) is 2. The number of aliphatic hydroxyl groups excluding tert-OH is 2. The number of β-amino-alcohol motifs (C(OH)–C–C–N with tert-alkyl or cyclic N) is 1. The van der Waals surface area contributed by atoms with E-state index in [0.29, 0.717) is 22.6 Å². The van der Waals surface area contributed by atoms with Gasteiger partial charge in [0.15, 0.2) is 0 Å². The zero-order valence-electron chi connectivity index (χ0n) is 11.4. The molecule has 112 valence electrons. The summed E-state index contributed by atoms with van der Waals surface area (Å²) in [4.78, 5) is 2.30. The first-order valence-electron chi connectivity index (χ1n) is 7.09. The number of halogens is 2. The quantitative estimate of drug-likeness (QED) is 0.846. The third-order valence-corrected chi connectivity index (χ3v) is 4.49. The molecule has 0 bridgehead atoms. The first-order chi connectivity index (χ1) is 9.61. The lowest BCUT2D eigenvalue weighted by Gasteiger charge is -2.27. The van der Waals surface area contributed by atoms with Gasteiger partial charge in [0.1, 0.15) is 0 Å². The highest BCUT2D eigenvalue weighted by atomic mass is 35.5. The maximum atomic E-state index is 10.4. The molecule has 1 aromatic carbocycles. The van der Waals surface area contributed by atoms with Gasteiger partial charge in [0.05, 0.1) is 6.10 Å². The predicted octanol–water partition coefficient (Wildman–Crippen LogP) is 3.26. The first kappa shape index (κ1) is 16.1. The van der Waals surface area contributed by atoms with E-state index in [1.807, 2.05) is 0 Å². The lowest BCUT2D eigenvalue weighted by Crippen LogP contribution is -2.33. The zero-order valence-corrected chi connectivity index (χ0v) is 12.9. The molecule has 2 atom stereocenters. The molecular weight excluding hydrogens is 297 g/mol. The van der Waals surface area contributed by atoms with Crippen LogP contribution in [0.25, 0.3) is 0 Å². The Hall–Kier alpha value is -0.320. The van der Waals surface area contributed by atoms with Crippen LogP contribution >= 0.6 is 23.2 Å². The second-order valence-corrected chi connectivity index (χ2v) is 6.18. The topological polar surface area (TPSA) is 43.7 Å². The number of rotatable bonds is 6. The third kappa shape index (κ3) is 4.09. The molecule has 0 radical (unpaired) electrons. The van der Waals surface area contributed by atoms with Crippen LogP contribution < -0.4 is 0 Å². The minimum Gasteiger partial charge on any atom is -0.396 e. The van der Waals surface area contributed by atoms with Gasteiger partial charge in [-0.15, -0.1) is 0 Å². The summed E-state index contributed by atoms with van der Waals surface area (Å²) < 4.78 is 0.